The Hall–Kier alpha value is -3.44. The Morgan fingerprint density at radius 3 is 2.75 bits per heavy atom. The first-order valence-electron chi connectivity index (χ1n) is 8.48. The summed E-state index contributed by atoms with van der Waals surface area (Å²) in [6, 6.07) is 9.66. The zero-order valence-electron chi connectivity index (χ0n) is 14.8. The molecule has 0 radical (unpaired) electrons. The SMILES string of the molecule is CC1=NC(=O)NC(c2ccncc2F)C1c1nc(-c2ccc(C#N)cc2)cs1. The van der Waals surface area contributed by atoms with Gasteiger partial charge in [0.05, 0.1) is 35.5 Å². The maximum Gasteiger partial charge on any atom is 0.341 e. The second-order valence-electron chi connectivity index (χ2n) is 6.32. The first-order valence-corrected chi connectivity index (χ1v) is 9.36. The summed E-state index contributed by atoms with van der Waals surface area (Å²) in [6.45, 7) is 1.75. The number of thiazole rings is 1. The molecule has 3 aromatic rings. The van der Waals surface area contributed by atoms with Crippen LogP contribution in [-0.2, 0) is 0 Å². The Bertz CT molecular complexity index is 1120. The van der Waals surface area contributed by atoms with Crippen LogP contribution in [0.4, 0.5) is 9.18 Å². The summed E-state index contributed by atoms with van der Waals surface area (Å²) in [5.41, 5.74) is 3.12. The average molecular weight is 391 g/mol. The molecule has 0 fully saturated rings. The van der Waals surface area contributed by atoms with Gasteiger partial charge in [-0.2, -0.15) is 5.26 Å². The van der Waals surface area contributed by atoms with Crippen molar-refractivity contribution in [3.63, 3.8) is 0 Å². The molecule has 0 aliphatic carbocycles. The van der Waals surface area contributed by atoms with Gasteiger partial charge in [-0.15, -0.1) is 11.3 Å². The Morgan fingerprint density at radius 1 is 1.25 bits per heavy atom. The fourth-order valence-electron chi connectivity index (χ4n) is 3.21. The quantitative estimate of drug-likeness (QED) is 0.723. The third kappa shape index (κ3) is 3.28. The Balaban J connectivity index is 1.74. The highest BCUT2D eigenvalue weighted by molar-refractivity contribution is 7.10. The van der Waals surface area contributed by atoms with Crippen molar-refractivity contribution in [1.29, 1.82) is 5.26 Å². The normalized spacial score (nSPS) is 18.9. The van der Waals surface area contributed by atoms with Crippen LogP contribution in [0, 0.1) is 17.1 Å². The van der Waals surface area contributed by atoms with Crippen molar-refractivity contribution in [2.24, 2.45) is 4.99 Å². The van der Waals surface area contributed by atoms with Crippen molar-refractivity contribution in [2.45, 2.75) is 18.9 Å². The number of pyridine rings is 1. The fourth-order valence-corrected chi connectivity index (χ4v) is 4.24. The molecule has 2 amide bonds. The number of nitriles is 1. The Morgan fingerprint density at radius 2 is 2.04 bits per heavy atom. The van der Waals surface area contributed by atoms with Gasteiger partial charge in [0.15, 0.2) is 0 Å². The van der Waals surface area contributed by atoms with Crippen LogP contribution in [0.15, 0.2) is 53.1 Å². The number of halogens is 1. The summed E-state index contributed by atoms with van der Waals surface area (Å²) in [5, 5.41) is 14.3. The second kappa shape index (κ2) is 7.29. The van der Waals surface area contributed by atoms with Crippen LogP contribution < -0.4 is 5.32 Å². The van der Waals surface area contributed by atoms with E-state index in [-0.39, 0.29) is 5.92 Å². The summed E-state index contributed by atoms with van der Waals surface area (Å²) in [7, 11) is 0. The van der Waals surface area contributed by atoms with Crippen LogP contribution in [-0.4, -0.2) is 21.7 Å². The number of carbonyl (C=O) groups is 1. The molecule has 1 aromatic carbocycles. The van der Waals surface area contributed by atoms with Gasteiger partial charge < -0.3 is 5.32 Å². The summed E-state index contributed by atoms with van der Waals surface area (Å²) in [5.74, 6) is -0.872. The molecule has 6 nitrogen and oxygen atoms in total. The minimum atomic E-state index is -0.618. The van der Waals surface area contributed by atoms with Crippen molar-refractivity contribution in [3.8, 4) is 17.3 Å². The van der Waals surface area contributed by atoms with Gasteiger partial charge in [0.2, 0.25) is 0 Å². The van der Waals surface area contributed by atoms with Crippen LogP contribution >= 0.6 is 11.3 Å². The Kier molecular flexibility index (Phi) is 4.67. The standard InChI is InChI=1S/C20H14FN5OS/c1-11-17(18(26-20(27)24-11)14-6-7-23-9-15(14)21)19-25-16(10-28-19)13-4-2-12(8-22)3-5-13/h2-7,9-10,17-18H,1H3,(H,26,27). The van der Waals surface area contributed by atoms with Gasteiger partial charge >= 0.3 is 6.03 Å². The van der Waals surface area contributed by atoms with Gasteiger partial charge in [-0.1, -0.05) is 12.1 Å². The van der Waals surface area contributed by atoms with E-state index in [0.29, 0.717) is 16.8 Å². The number of aliphatic imine (C=N–C) groups is 1. The lowest BCUT2D eigenvalue weighted by Crippen LogP contribution is -2.39. The number of nitrogens with one attached hydrogen (secondary N) is 1. The van der Waals surface area contributed by atoms with Crippen molar-refractivity contribution in [1.82, 2.24) is 15.3 Å². The second-order valence-corrected chi connectivity index (χ2v) is 7.21. The summed E-state index contributed by atoms with van der Waals surface area (Å²) in [4.78, 5) is 24.4. The predicted octanol–water partition coefficient (Wildman–Crippen LogP) is 4.22. The molecule has 0 bridgehead atoms. The molecule has 8 heteroatoms. The third-order valence-corrected chi connectivity index (χ3v) is 5.50. The van der Waals surface area contributed by atoms with Crippen LogP contribution in [0.1, 0.15) is 35.0 Å². The van der Waals surface area contributed by atoms with Crippen molar-refractivity contribution in [2.75, 3.05) is 0 Å². The molecule has 2 atom stereocenters. The van der Waals surface area contributed by atoms with Gasteiger partial charge in [0, 0.05) is 28.4 Å². The summed E-state index contributed by atoms with van der Waals surface area (Å²) < 4.78 is 14.4. The minimum absolute atomic E-state index is 0.345. The first-order chi connectivity index (χ1) is 13.6. The number of hydrogen-bond acceptors (Lipinski definition) is 5. The van der Waals surface area contributed by atoms with E-state index in [0.717, 1.165) is 22.5 Å². The summed E-state index contributed by atoms with van der Waals surface area (Å²) in [6.07, 6.45) is 2.62. The maximum absolute atomic E-state index is 14.4. The largest absolute Gasteiger partial charge is 0.341 e. The molecule has 2 unspecified atom stereocenters. The van der Waals surface area contributed by atoms with Crippen LogP contribution in [0.3, 0.4) is 0 Å². The number of aromatic nitrogens is 2. The van der Waals surface area contributed by atoms with Crippen LogP contribution in [0.25, 0.3) is 11.3 Å². The lowest BCUT2D eigenvalue weighted by Gasteiger charge is -2.30. The Labute approximate surface area is 164 Å². The van der Waals surface area contributed by atoms with Crippen molar-refractivity contribution in [3.05, 3.63) is 70.1 Å². The number of hydrogen-bond donors (Lipinski definition) is 1. The molecule has 3 heterocycles. The molecule has 1 N–H and O–H groups in total. The number of carbonyl (C=O) groups excluding carboxylic acids is 1. The van der Waals surface area contributed by atoms with E-state index in [4.69, 9.17) is 10.2 Å². The van der Waals surface area contributed by atoms with E-state index in [1.165, 1.54) is 17.5 Å². The van der Waals surface area contributed by atoms with Gasteiger partial charge in [-0.3, -0.25) is 4.98 Å². The van der Waals surface area contributed by atoms with E-state index in [1.807, 2.05) is 17.5 Å². The molecule has 1 aliphatic rings. The van der Waals surface area contributed by atoms with Gasteiger partial charge in [0.1, 0.15) is 10.8 Å². The van der Waals surface area contributed by atoms with Gasteiger partial charge in [0.25, 0.3) is 0 Å². The van der Waals surface area contributed by atoms with Crippen molar-refractivity contribution < 1.29 is 9.18 Å². The van der Waals surface area contributed by atoms with Crippen molar-refractivity contribution >= 4 is 23.1 Å². The number of rotatable bonds is 3. The summed E-state index contributed by atoms with van der Waals surface area (Å²) >= 11 is 1.42. The van der Waals surface area contributed by atoms with E-state index >= 15 is 0 Å². The highest BCUT2D eigenvalue weighted by Crippen LogP contribution is 2.38. The lowest BCUT2D eigenvalue weighted by molar-refractivity contribution is 0.242. The highest BCUT2D eigenvalue weighted by Gasteiger charge is 2.36. The number of nitrogens with zero attached hydrogens (tertiary/aromatic N) is 4. The molecule has 0 saturated heterocycles. The van der Waals surface area contributed by atoms with E-state index in [1.54, 1.807) is 25.1 Å². The third-order valence-electron chi connectivity index (χ3n) is 4.58. The maximum atomic E-state index is 14.4. The van der Waals surface area contributed by atoms with E-state index in [2.05, 4.69) is 21.4 Å². The molecule has 138 valence electrons. The average Bonchev–Trinajstić information content (AvgIpc) is 3.17. The molecule has 4 rings (SSSR count). The van der Waals surface area contributed by atoms with Gasteiger partial charge in [-0.05, 0) is 25.1 Å². The topological polar surface area (TPSA) is 91.0 Å². The van der Waals surface area contributed by atoms with E-state index in [9.17, 15) is 9.18 Å². The molecule has 1 aliphatic heterocycles. The smallest absolute Gasteiger partial charge is 0.328 e. The number of amides is 2. The highest BCUT2D eigenvalue weighted by atomic mass is 32.1. The molecule has 2 aromatic heterocycles. The van der Waals surface area contributed by atoms with E-state index < -0.39 is 17.9 Å². The predicted molar refractivity (Wildman–Crippen MR) is 104 cm³/mol. The first kappa shape index (κ1) is 17.9. The lowest BCUT2D eigenvalue weighted by atomic mass is 9.89. The van der Waals surface area contributed by atoms with Gasteiger partial charge in [-0.25, -0.2) is 19.2 Å². The monoisotopic (exact) mass is 391 g/mol. The minimum Gasteiger partial charge on any atom is -0.328 e. The zero-order valence-corrected chi connectivity index (χ0v) is 15.6. The fraction of sp³-hybridized carbons (Fsp3) is 0.150. The zero-order chi connectivity index (χ0) is 19.7. The van der Waals surface area contributed by atoms with Crippen LogP contribution in [0.2, 0.25) is 0 Å². The number of urea groups is 1. The molecular weight excluding hydrogens is 377 g/mol. The molecule has 0 spiro atoms. The molecule has 28 heavy (non-hydrogen) atoms. The number of benzene rings is 1. The van der Waals surface area contributed by atoms with Crippen LogP contribution in [0.5, 0.6) is 0 Å². The molecule has 0 saturated carbocycles. The molecular formula is C20H14FN5OS.